The molecule has 1 amide bonds. The molecule has 31 heavy (non-hydrogen) atoms. The van der Waals surface area contributed by atoms with Crippen LogP contribution in [0.25, 0.3) is 0 Å². The molecule has 2 fully saturated rings. The van der Waals surface area contributed by atoms with Gasteiger partial charge in [0.25, 0.3) is 0 Å². The highest BCUT2D eigenvalue weighted by Gasteiger charge is 2.16. The number of amides is 1. The van der Waals surface area contributed by atoms with Crippen molar-refractivity contribution in [2.45, 2.75) is 32.0 Å². The van der Waals surface area contributed by atoms with Crippen molar-refractivity contribution >= 4 is 35.8 Å². The maximum atomic E-state index is 12.0. The zero-order valence-corrected chi connectivity index (χ0v) is 21.0. The number of hydrogen-bond donors (Lipinski definition) is 2. The van der Waals surface area contributed by atoms with Gasteiger partial charge >= 0.3 is 0 Å². The number of hydrogen-bond acceptors (Lipinski definition) is 5. The second-order valence-electron chi connectivity index (χ2n) is 7.98. The van der Waals surface area contributed by atoms with Crippen LogP contribution in [0.3, 0.4) is 0 Å². The number of aliphatic imine (C=N–C) groups is 1. The number of likely N-dealkylation sites (N-methyl/N-ethyl adjacent to an activating group) is 1. The lowest BCUT2D eigenvalue weighted by atomic mass is 10.1. The second kappa shape index (κ2) is 13.9. The Bertz CT molecular complexity index is 704. The lowest BCUT2D eigenvalue weighted by molar-refractivity contribution is -0.127. The van der Waals surface area contributed by atoms with E-state index in [1.54, 1.807) is 19.0 Å². The third kappa shape index (κ3) is 8.91. The zero-order chi connectivity index (χ0) is 21.2. The van der Waals surface area contributed by atoms with E-state index in [9.17, 15) is 4.79 Å². The average Bonchev–Trinajstić information content (AvgIpc) is 3.28. The Kier molecular flexibility index (Phi) is 11.6. The number of guanidine groups is 1. The van der Waals surface area contributed by atoms with Gasteiger partial charge in [-0.25, -0.2) is 4.99 Å². The quantitative estimate of drug-likeness (QED) is 0.293. The molecular weight excluding hydrogens is 509 g/mol. The Morgan fingerprint density at radius 1 is 1.16 bits per heavy atom. The summed E-state index contributed by atoms with van der Waals surface area (Å²) in [5.41, 5.74) is 2.48. The van der Waals surface area contributed by atoms with Gasteiger partial charge in [0.05, 0.1) is 32.4 Å². The van der Waals surface area contributed by atoms with E-state index in [1.807, 2.05) is 0 Å². The number of carbonyl (C=O) groups excluding carboxylic acids is 1. The van der Waals surface area contributed by atoms with Gasteiger partial charge in [-0.2, -0.15) is 0 Å². The minimum Gasteiger partial charge on any atom is -0.379 e. The fourth-order valence-corrected chi connectivity index (χ4v) is 3.54. The van der Waals surface area contributed by atoms with Gasteiger partial charge < -0.3 is 25.0 Å². The van der Waals surface area contributed by atoms with Crippen molar-refractivity contribution in [1.29, 1.82) is 0 Å². The minimum absolute atomic E-state index is 0. The van der Waals surface area contributed by atoms with Crippen LogP contribution >= 0.6 is 24.0 Å². The Morgan fingerprint density at radius 3 is 2.58 bits per heavy atom. The van der Waals surface area contributed by atoms with E-state index < -0.39 is 0 Å². The van der Waals surface area contributed by atoms with Crippen LogP contribution in [-0.4, -0.2) is 87.9 Å². The highest BCUT2D eigenvalue weighted by atomic mass is 127. The molecule has 2 aliphatic rings. The first-order chi connectivity index (χ1) is 14.6. The molecule has 1 unspecified atom stereocenters. The van der Waals surface area contributed by atoms with Gasteiger partial charge in [-0.15, -0.1) is 24.0 Å². The molecule has 9 heteroatoms. The van der Waals surface area contributed by atoms with Crippen molar-refractivity contribution in [3.63, 3.8) is 0 Å². The van der Waals surface area contributed by atoms with Gasteiger partial charge in [0, 0.05) is 46.9 Å². The number of nitrogens with zero attached hydrogens (tertiary/aromatic N) is 3. The summed E-state index contributed by atoms with van der Waals surface area (Å²) in [4.78, 5) is 20.7. The van der Waals surface area contributed by atoms with Crippen molar-refractivity contribution in [2.75, 3.05) is 60.1 Å². The summed E-state index contributed by atoms with van der Waals surface area (Å²) in [6.45, 7) is 6.68. The van der Waals surface area contributed by atoms with E-state index in [0.717, 1.165) is 52.3 Å². The first kappa shape index (κ1) is 25.8. The number of morpholine rings is 1. The number of nitrogens with one attached hydrogen (secondary N) is 2. The summed E-state index contributed by atoms with van der Waals surface area (Å²) < 4.78 is 11.2. The number of ether oxygens (including phenoxy) is 2. The van der Waals surface area contributed by atoms with Gasteiger partial charge in [-0.1, -0.05) is 24.3 Å². The van der Waals surface area contributed by atoms with E-state index in [2.05, 4.69) is 39.8 Å². The summed E-state index contributed by atoms with van der Waals surface area (Å²) in [5.74, 6) is 0.649. The molecule has 2 saturated heterocycles. The smallest absolute Gasteiger partial charge is 0.241 e. The van der Waals surface area contributed by atoms with Crippen LogP contribution in [0.2, 0.25) is 0 Å². The topological polar surface area (TPSA) is 78.4 Å². The first-order valence-electron chi connectivity index (χ1n) is 10.8. The highest BCUT2D eigenvalue weighted by Crippen LogP contribution is 2.14. The van der Waals surface area contributed by atoms with Crippen molar-refractivity contribution in [3.05, 3.63) is 35.4 Å². The predicted molar refractivity (Wildman–Crippen MR) is 133 cm³/mol. The Morgan fingerprint density at radius 2 is 1.90 bits per heavy atom. The lowest BCUT2D eigenvalue weighted by Crippen LogP contribution is -2.45. The standard InChI is InChI=1S/C22H35N5O3.HI/c1-26(2)21(28)16-25-22(24-15-20-8-5-11-30-20)23-14-18-6-3-4-7-19(18)17-27-9-12-29-13-10-27;/h3-4,6-7,20H,5,8-17H2,1-2H3,(H2,23,24,25);1H. The Hall–Kier alpha value is -1.43. The molecule has 0 saturated carbocycles. The SMILES string of the molecule is CN(C)C(=O)CNC(=NCc1ccccc1CN1CCOCC1)NCC1CCCO1.I. The van der Waals surface area contributed by atoms with Gasteiger partial charge in [-0.05, 0) is 24.0 Å². The van der Waals surface area contributed by atoms with Crippen LogP contribution in [0, 0.1) is 0 Å². The van der Waals surface area contributed by atoms with Gasteiger partial charge in [0.2, 0.25) is 5.91 Å². The van der Waals surface area contributed by atoms with Crippen molar-refractivity contribution in [2.24, 2.45) is 4.99 Å². The van der Waals surface area contributed by atoms with Crippen LogP contribution in [0.15, 0.2) is 29.3 Å². The summed E-state index contributed by atoms with van der Waals surface area (Å²) in [5, 5.41) is 6.50. The molecule has 174 valence electrons. The monoisotopic (exact) mass is 545 g/mol. The fraction of sp³-hybridized carbons (Fsp3) is 0.636. The highest BCUT2D eigenvalue weighted by molar-refractivity contribution is 14.0. The first-order valence-corrected chi connectivity index (χ1v) is 10.8. The van der Waals surface area contributed by atoms with Crippen LogP contribution in [0.1, 0.15) is 24.0 Å². The molecule has 2 heterocycles. The van der Waals surface area contributed by atoms with Gasteiger partial charge in [-0.3, -0.25) is 9.69 Å². The Balaban J connectivity index is 0.00000341. The second-order valence-corrected chi connectivity index (χ2v) is 7.98. The summed E-state index contributed by atoms with van der Waals surface area (Å²) in [6.07, 6.45) is 2.36. The molecular formula is C22H36IN5O3. The molecule has 2 N–H and O–H groups in total. The van der Waals surface area contributed by atoms with E-state index in [-0.39, 0.29) is 42.5 Å². The fourth-order valence-electron chi connectivity index (χ4n) is 3.54. The van der Waals surface area contributed by atoms with Crippen LogP contribution in [0.4, 0.5) is 0 Å². The number of rotatable bonds is 8. The van der Waals surface area contributed by atoms with Crippen molar-refractivity contribution < 1.29 is 14.3 Å². The zero-order valence-electron chi connectivity index (χ0n) is 18.6. The molecule has 3 rings (SSSR count). The normalized spacial score (nSPS) is 19.5. The molecule has 0 aromatic heterocycles. The molecule has 0 bridgehead atoms. The van der Waals surface area contributed by atoms with E-state index in [0.29, 0.717) is 19.0 Å². The van der Waals surface area contributed by atoms with Crippen LogP contribution < -0.4 is 10.6 Å². The Labute approximate surface area is 202 Å². The minimum atomic E-state index is 0. The molecule has 0 aliphatic carbocycles. The maximum Gasteiger partial charge on any atom is 0.241 e. The molecule has 1 atom stereocenters. The average molecular weight is 545 g/mol. The molecule has 0 spiro atoms. The van der Waals surface area contributed by atoms with E-state index in [1.165, 1.54) is 11.1 Å². The van der Waals surface area contributed by atoms with Crippen LogP contribution in [-0.2, 0) is 27.4 Å². The molecule has 8 nitrogen and oxygen atoms in total. The number of carbonyl (C=O) groups is 1. The van der Waals surface area contributed by atoms with E-state index in [4.69, 9.17) is 14.5 Å². The van der Waals surface area contributed by atoms with E-state index >= 15 is 0 Å². The largest absolute Gasteiger partial charge is 0.379 e. The summed E-state index contributed by atoms with van der Waals surface area (Å²) in [6, 6.07) is 8.43. The van der Waals surface area contributed by atoms with Gasteiger partial charge in [0.15, 0.2) is 5.96 Å². The van der Waals surface area contributed by atoms with Crippen molar-refractivity contribution in [1.82, 2.24) is 20.4 Å². The third-order valence-electron chi connectivity index (χ3n) is 5.45. The van der Waals surface area contributed by atoms with Crippen molar-refractivity contribution in [3.8, 4) is 0 Å². The summed E-state index contributed by atoms with van der Waals surface area (Å²) >= 11 is 0. The predicted octanol–water partition coefficient (Wildman–Crippen LogP) is 1.44. The molecule has 1 aromatic rings. The molecule has 1 aromatic carbocycles. The van der Waals surface area contributed by atoms with Gasteiger partial charge in [0.1, 0.15) is 0 Å². The number of benzene rings is 1. The summed E-state index contributed by atoms with van der Waals surface area (Å²) in [7, 11) is 3.50. The van der Waals surface area contributed by atoms with Crippen LogP contribution in [0.5, 0.6) is 0 Å². The lowest BCUT2D eigenvalue weighted by Gasteiger charge is -2.27. The molecule has 2 aliphatic heterocycles. The maximum absolute atomic E-state index is 12.0. The number of halogens is 1. The third-order valence-corrected chi connectivity index (χ3v) is 5.45. The molecule has 0 radical (unpaired) electrons.